The molecule has 1 atom stereocenters. The van der Waals surface area contributed by atoms with E-state index in [1.165, 1.54) is 0 Å². The van der Waals surface area contributed by atoms with Crippen LogP contribution in [0.3, 0.4) is 0 Å². The summed E-state index contributed by atoms with van der Waals surface area (Å²) in [6.07, 6.45) is 0.977. The van der Waals surface area contributed by atoms with Crippen molar-refractivity contribution in [1.29, 1.82) is 0 Å². The fraction of sp³-hybridized carbons (Fsp3) is 0.562. The van der Waals surface area contributed by atoms with Crippen LogP contribution in [-0.4, -0.2) is 53.5 Å². The zero-order valence-electron chi connectivity index (χ0n) is 14.0. The summed E-state index contributed by atoms with van der Waals surface area (Å²) in [4.78, 5) is 15.7. The van der Waals surface area contributed by atoms with E-state index < -0.39 is 0 Å². The molecule has 0 amide bonds. The number of anilines is 2. The van der Waals surface area contributed by atoms with Gasteiger partial charge in [0.2, 0.25) is 5.95 Å². The number of rotatable bonds is 7. The molecule has 3 rings (SSSR count). The Bertz CT molecular complexity index is 672. The minimum atomic E-state index is 0.0450. The lowest BCUT2D eigenvalue weighted by Gasteiger charge is -2.20. The molecule has 2 N–H and O–H groups in total. The molecule has 8 heteroatoms. The van der Waals surface area contributed by atoms with Gasteiger partial charge in [0.25, 0.3) is 0 Å². The SMILES string of the molecule is Cc1nc(CN(C)c2cc(C3CCOC3)nc(NCCO)n2)cs1. The van der Waals surface area contributed by atoms with E-state index in [0.29, 0.717) is 31.6 Å². The van der Waals surface area contributed by atoms with Crippen LogP contribution in [0.2, 0.25) is 0 Å². The number of thiazole rings is 1. The molecule has 1 saturated heterocycles. The van der Waals surface area contributed by atoms with Gasteiger partial charge in [0.05, 0.1) is 36.2 Å². The molecule has 0 aromatic carbocycles. The van der Waals surface area contributed by atoms with E-state index in [-0.39, 0.29) is 6.61 Å². The van der Waals surface area contributed by atoms with Gasteiger partial charge in [0, 0.05) is 37.6 Å². The third-order valence-electron chi connectivity index (χ3n) is 3.93. The lowest BCUT2D eigenvalue weighted by molar-refractivity contribution is 0.193. The quantitative estimate of drug-likeness (QED) is 0.788. The average Bonchev–Trinajstić information content (AvgIpc) is 3.24. The molecule has 2 aromatic heterocycles. The highest BCUT2D eigenvalue weighted by Crippen LogP contribution is 2.27. The Morgan fingerprint density at radius 1 is 1.42 bits per heavy atom. The summed E-state index contributed by atoms with van der Waals surface area (Å²) in [5.74, 6) is 1.69. The summed E-state index contributed by atoms with van der Waals surface area (Å²) >= 11 is 1.65. The molecule has 0 radical (unpaired) electrons. The largest absolute Gasteiger partial charge is 0.395 e. The molecular weight excluding hydrogens is 326 g/mol. The van der Waals surface area contributed by atoms with Gasteiger partial charge in [-0.1, -0.05) is 0 Å². The van der Waals surface area contributed by atoms with E-state index in [0.717, 1.165) is 35.2 Å². The third kappa shape index (κ3) is 4.19. The van der Waals surface area contributed by atoms with Crippen LogP contribution in [0, 0.1) is 6.92 Å². The fourth-order valence-electron chi connectivity index (χ4n) is 2.68. The Balaban J connectivity index is 1.82. The minimum absolute atomic E-state index is 0.0450. The van der Waals surface area contributed by atoms with Crippen molar-refractivity contribution in [3.05, 3.63) is 27.8 Å². The first-order valence-corrected chi connectivity index (χ1v) is 8.97. The number of nitrogens with zero attached hydrogens (tertiary/aromatic N) is 4. The second kappa shape index (κ2) is 7.87. The van der Waals surface area contributed by atoms with Crippen molar-refractivity contribution in [3.63, 3.8) is 0 Å². The second-order valence-corrected chi connectivity index (χ2v) is 6.96. The van der Waals surface area contributed by atoms with E-state index in [4.69, 9.17) is 9.84 Å². The average molecular weight is 349 g/mol. The van der Waals surface area contributed by atoms with Crippen LogP contribution < -0.4 is 10.2 Å². The molecule has 0 aliphatic carbocycles. The van der Waals surface area contributed by atoms with Gasteiger partial charge in [-0.3, -0.25) is 0 Å². The molecule has 0 spiro atoms. The molecule has 2 aromatic rings. The maximum absolute atomic E-state index is 9.03. The Kier molecular flexibility index (Phi) is 5.60. The van der Waals surface area contributed by atoms with E-state index in [9.17, 15) is 0 Å². The van der Waals surface area contributed by atoms with Gasteiger partial charge in [-0.05, 0) is 13.3 Å². The normalized spacial score (nSPS) is 17.2. The Morgan fingerprint density at radius 3 is 2.96 bits per heavy atom. The van der Waals surface area contributed by atoms with Gasteiger partial charge in [-0.25, -0.2) is 9.97 Å². The molecule has 24 heavy (non-hydrogen) atoms. The second-order valence-electron chi connectivity index (χ2n) is 5.90. The van der Waals surface area contributed by atoms with Crippen LogP contribution in [0.5, 0.6) is 0 Å². The monoisotopic (exact) mass is 349 g/mol. The molecule has 1 fully saturated rings. The minimum Gasteiger partial charge on any atom is -0.395 e. The Morgan fingerprint density at radius 2 is 2.29 bits per heavy atom. The molecule has 7 nitrogen and oxygen atoms in total. The van der Waals surface area contributed by atoms with Crippen molar-refractivity contribution in [2.45, 2.75) is 25.8 Å². The van der Waals surface area contributed by atoms with Crippen molar-refractivity contribution in [1.82, 2.24) is 15.0 Å². The van der Waals surface area contributed by atoms with Crippen molar-refractivity contribution < 1.29 is 9.84 Å². The van der Waals surface area contributed by atoms with Crippen LogP contribution in [0.15, 0.2) is 11.4 Å². The van der Waals surface area contributed by atoms with Gasteiger partial charge >= 0.3 is 0 Å². The molecule has 0 bridgehead atoms. The van der Waals surface area contributed by atoms with Gasteiger partial charge in [0.1, 0.15) is 5.82 Å². The first-order chi connectivity index (χ1) is 11.7. The zero-order valence-corrected chi connectivity index (χ0v) is 14.8. The molecule has 1 aliphatic rings. The maximum Gasteiger partial charge on any atom is 0.224 e. The van der Waals surface area contributed by atoms with Crippen molar-refractivity contribution in [3.8, 4) is 0 Å². The summed E-state index contributed by atoms with van der Waals surface area (Å²) in [6, 6.07) is 2.03. The van der Waals surface area contributed by atoms with Gasteiger partial charge in [-0.15, -0.1) is 11.3 Å². The topological polar surface area (TPSA) is 83.4 Å². The van der Waals surface area contributed by atoms with Crippen molar-refractivity contribution in [2.24, 2.45) is 0 Å². The van der Waals surface area contributed by atoms with E-state index in [1.807, 2.05) is 20.0 Å². The van der Waals surface area contributed by atoms with Crippen LogP contribution >= 0.6 is 11.3 Å². The van der Waals surface area contributed by atoms with Crippen molar-refractivity contribution in [2.75, 3.05) is 43.6 Å². The van der Waals surface area contributed by atoms with E-state index in [2.05, 4.69) is 30.5 Å². The summed E-state index contributed by atoms with van der Waals surface area (Å²) in [7, 11) is 2.00. The first-order valence-electron chi connectivity index (χ1n) is 8.09. The van der Waals surface area contributed by atoms with Crippen LogP contribution in [0.25, 0.3) is 0 Å². The molecule has 0 saturated carbocycles. The number of nitrogens with one attached hydrogen (secondary N) is 1. The lowest BCUT2D eigenvalue weighted by Crippen LogP contribution is -2.20. The number of hydrogen-bond donors (Lipinski definition) is 2. The van der Waals surface area contributed by atoms with Crippen molar-refractivity contribution >= 4 is 23.1 Å². The number of ether oxygens (including phenoxy) is 1. The zero-order chi connectivity index (χ0) is 16.9. The predicted molar refractivity (Wildman–Crippen MR) is 94.7 cm³/mol. The number of hydrogen-bond acceptors (Lipinski definition) is 8. The van der Waals surface area contributed by atoms with Gasteiger partial charge in [-0.2, -0.15) is 4.98 Å². The lowest BCUT2D eigenvalue weighted by atomic mass is 10.0. The van der Waals surface area contributed by atoms with E-state index in [1.54, 1.807) is 11.3 Å². The molecule has 1 unspecified atom stereocenters. The highest BCUT2D eigenvalue weighted by atomic mass is 32.1. The summed E-state index contributed by atoms with van der Waals surface area (Å²) in [6.45, 7) is 4.65. The molecule has 1 aliphatic heterocycles. The van der Waals surface area contributed by atoms with Gasteiger partial charge < -0.3 is 20.1 Å². The number of aromatic nitrogens is 3. The highest BCUT2D eigenvalue weighted by Gasteiger charge is 2.21. The first kappa shape index (κ1) is 17.1. The standard InChI is InChI=1S/C16H23N5O2S/c1-11-18-13(10-24-11)8-21(2)15-7-14(12-3-6-23-9-12)19-16(20-15)17-4-5-22/h7,10,12,22H,3-6,8-9H2,1-2H3,(H,17,19,20). The van der Waals surface area contributed by atoms with Crippen LogP contribution in [0.4, 0.5) is 11.8 Å². The number of aliphatic hydroxyl groups is 1. The van der Waals surface area contributed by atoms with Gasteiger partial charge in [0.15, 0.2) is 0 Å². The number of aryl methyl sites for hydroxylation is 1. The third-order valence-corrected chi connectivity index (χ3v) is 4.75. The molecule has 130 valence electrons. The maximum atomic E-state index is 9.03. The Labute approximate surface area is 145 Å². The Hall–Kier alpha value is -1.77. The van der Waals surface area contributed by atoms with E-state index >= 15 is 0 Å². The van der Waals surface area contributed by atoms with Crippen LogP contribution in [0.1, 0.15) is 28.7 Å². The summed E-state index contributed by atoms with van der Waals surface area (Å²) in [5.41, 5.74) is 2.02. The fourth-order valence-corrected chi connectivity index (χ4v) is 3.28. The number of aliphatic hydroxyl groups excluding tert-OH is 1. The smallest absolute Gasteiger partial charge is 0.224 e. The summed E-state index contributed by atoms with van der Waals surface area (Å²) < 4.78 is 5.49. The van der Waals surface area contributed by atoms with Crippen LogP contribution in [-0.2, 0) is 11.3 Å². The molecule has 3 heterocycles. The summed E-state index contributed by atoms with van der Waals surface area (Å²) in [5, 5.41) is 15.2. The molecular formula is C16H23N5O2S. The highest BCUT2D eigenvalue weighted by molar-refractivity contribution is 7.09. The predicted octanol–water partition coefficient (Wildman–Crippen LogP) is 1.79.